The second-order valence-electron chi connectivity index (χ2n) is 6.69. The predicted octanol–water partition coefficient (Wildman–Crippen LogP) is 3.50. The van der Waals surface area contributed by atoms with Crippen LogP contribution in [0.5, 0.6) is 0 Å². The van der Waals surface area contributed by atoms with Gasteiger partial charge >= 0.3 is 6.09 Å². The number of nitrogens with one attached hydrogen (secondary N) is 1. The molecule has 0 aromatic heterocycles. The lowest BCUT2D eigenvalue weighted by atomic mass is 10.1. The van der Waals surface area contributed by atoms with Crippen molar-refractivity contribution >= 4 is 17.7 Å². The summed E-state index contributed by atoms with van der Waals surface area (Å²) in [5.41, 5.74) is 1.83. The third-order valence-electron chi connectivity index (χ3n) is 3.49. The van der Waals surface area contributed by atoms with E-state index < -0.39 is 5.60 Å². The van der Waals surface area contributed by atoms with Crippen molar-refractivity contribution in [3.8, 4) is 0 Å². The van der Waals surface area contributed by atoms with E-state index >= 15 is 0 Å². The quantitative estimate of drug-likeness (QED) is 0.908. The first-order chi connectivity index (χ1) is 10.8. The van der Waals surface area contributed by atoms with Gasteiger partial charge in [-0.3, -0.25) is 4.79 Å². The third kappa shape index (κ3) is 4.84. The Hall–Kier alpha value is -2.30. The summed E-state index contributed by atoms with van der Waals surface area (Å²) in [5.74, 6) is -0.174. The summed E-state index contributed by atoms with van der Waals surface area (Å²) in [6.45, 7) is 8.27. The Morgan fingerprint density at radius 2 is 1.91 bits per heavy atom. The van der Waals surface area contributed by atoms with Crippen molar-refractivity contribution in [1.82, 2.24) is 4.90 Å². The molecule has 5 heteroatoms. The Labute approximate surface area is 137 Å². The minimum atomic E-state index is -0.540. The van der Waals surface area contributed by atoms with Crippen LogP contribution in [-0.4, -0.2) is 35.6 Å². The molecule has 0 bridgehead atoms. The number of carbonyl (C=O) groups is 2. The molecule has 0 fully saturated rings. The summed E-state index contributed by atoms with van der Waals surface area (Å²) >= 11 is 0. The molecule has 1 aliphatic rings. The molecule has 0 atom stereocenters. The number of amides is 2. The van der Waals surface area contributed by atoms with Crippen molar-refractivity contribution in [2.24, 2.45) is 0 Å². The smallest absolute Gasteiger partial charge is 0.410 e. The first kappa shape index (κ1) is 17.1. The summed E-state index contributed by atoms with van der Waals surface area (Å²) in [6, 6.07) is 7.61. The molecule has 0 unspecified atom stereocenters. The molecule has 0 aliphatic carbocycles. The topological polar surface area (TPSA) is 58.6 Å². The molecule has 1 N–H and O–H groups in total. The summed E-state index contributed by atoms with van der Waals surface area (Å²) in [5, 5.41) is 2.90. The average Bonchev–Trinajstić information content (AvgIpc) is 2.48. The van der Waals surface area contributed by atoms with Crippen LogP contribution in [0, 0.1) is 6.92 Å². The van der Waals surface area contributed by atoms with E-state index in [1.807, 2.05) is 58.0 Å². The lowest BCUT2D eigenvalue weighted by molar-refractivity contribution is -0.113. The number of hydrogen-bond donors (Lipinski definition) is 1. The fraction of sp³-hybridized carbons (Fsp3) is 0.444. The molecule has 1 aliphatic heterocycles. The van der Waals surface area contributed by atoms with Gasteiger partial charge in [0.1, 0.15) is 5.60 Å². The van der Waals surface area contributed by atoms with E-state index in [9.17, 15) is 9.59 Å². The van der Waals surface area contributed by atoms with Crippen molar-refractivity contribution in [2.45, 2.75) is 39.7 Å². The lowest BCUT2D eigenvalue weighted by Gasteiger charge is -2.30. The van der Waals surface area contributed by atoms with Crippen molar-refractivity contribution in [2.75, 3.05) is 18.4 Å². The monoisotopic (exact) mass is 316 g/mol. The van der Waals surface area contributed by atoms with Crippen molar-refractivity contribution < 1.29 is 14.3 Å². The highest BCUT2D eigenvalue weighted by Crippen LogP contribution is 2.18. The predicted molar refractivity (Wildman–Crippen MR) is 90.3 cm³/mol. The number of benzene rings is 1. The first-order valence-electron chi connectivity index (χ1n) is 7.80. The number of rotatable bonds is 2. The van der Waals surface area contributed by atoms with E-state index in [1.165, 1.54) is 0 Å². The largest absolute Gasteiger partial charge is 0.444 e. The van der Waals surface area contributed by atoms with Gasteiger partial charge in [0.05, 0.1) is 6.54 Å². The third-order valence-corrected chi connectivity index (χ3v) is 3.49. The fourth-order valence-corrected chi connectivity index (χ4v) is 2.31. The zero-order valence-corrected chi connectivity index (χ0v) is 14.2. The highest BCUT2D eigenvalue weighted by atomic mass is 16.6. The van der Waals surface area contributed by atoms with Crippen molar-refractivity contribution in [3.63, 3.8) is 0 Å². The minimum Gasteiger partial charge on any atom is -0.444 e. The second kappa shape index (κ2) is 6.86. The Kier molecular flexibility index (Phi) is 5.08. The number of anilines is 1. The van der Waals surface area contributed by atoms with Gasteiger partial charge in [0.2, 0.25) is 0 Å². The van der Waals surface area contributed by atoms with Gasteiger partial charge in [-0.15, -0.1) is 0 Å². The SMILES string of the molecule is Cc1ccccc1NC(=O)C1=CCCN(C(=O)OC(C)(C)C)C1. The van der Waals surface area contributed by atoms with Crippen LogP contribution >= 0.6 is 0 Å². The zero-order valence-electron chi connectivity index (χ0n) is 14.2. The molecule has 1 aromatic carbocycles. The average molecular weight is 316 g/mol. The molecule has 0 saturated heterocycles. The number of hydrogen-bond acceptors (Lipinski definition) is 3. The maximum absolute atomic E-state index is 12.4. The lowest BCUT2D eigenvalue weighted by Crippen LogP contribution is -2.41. The molecule has 0 saturated carbocycles. The fourth-order valence-electron chi connectivity index (χ4n) is 2.31. The van der Waals surface area contributed by atoms with Crippen LogP contribution in [0.4, 0.5) is 10.5 Å². The maximum Gasteiger partial charge on any atom is 0.410 e. The minimum absolute atomic E-state index is 0.174. The van der Waals surface area contributed by atoms with Crippen LogP contribution < -0.4 is 5.32 Å². The highest BCUT2D eigenvalue weighted by molar-refractivity contribution is 6.04. The van der Waals surface area contributed by atoms with Gasteiger partial charge in [0, 0.05) is 17.8 Å². The van der Waals surface area contributed by atoms with Gasteiger partial charge in [-0.05, 0) is 45.7 Å². The number of aryl methyl sites for hydroxylation is 1. The summed E-state index contributed by atoms with van der Waals surface area (Å²) < 4.78 is 5.37. The molecular weight excluding hydrogens is 292 g/mol. The second-order valence-corrected chi connectivity index (χ2v) is 6.69. The van der Waals surface area contributed by atoms with Crippen LogP contribution in [0.25, 0.3) is 0 Å². The van der Waals surface area contributed by atoms with Crippen LogP contribution in [0.1, 0.15) is 32.8 Å². The van der Waals surface area contributed by atoms with Gasteiger partial charge < -0.3 is 15.0 Å². The van der Waals surface area contributed by atoms with Crippen LogP contribution in [-0.2, 0) is 9.53 Å². The van der Waals surface area contributed by atoms with E-state index in [4.69, 9.17) is 4.74 Å². The molecule has 0 spiro atoms. The number of ether oxygens (including phenoxy) is 1. The van der Waals surface area contributed by atoms with Gasteiger partial charge in [-0.25, -0.2) is 4.79 Å². The van der Waals surface area contributed by atoms with Crippen molar-refractivity contribution in [3.05, 3.63) is 41.5 Å². The van der Waals surface area contributed by atoms with Gasteiger partial charge in [0.25, 0.3) is 5.91 Å². The Morgan fingerprint density at radius 1 is 1.22 bits per heavy atom. The summed E-state index contributed by atoms with van der Waals surface area (Å²) in [7, 11) is 0. The molecule has 5 nitrogen and oxygen atoms in total. The summed E-state index contributed by atoms with van der Waals surface area (Å²) in [4.78, 5) is 26.1. The first-order valence-corrected chi connectivity index (χ1v) is 7.80. The number of carbonyl (C=O) groups excluding carboxylic acids is 2. The van der Waals surface area contributed by atoms with E-state index in [0.717, 1.165) is 11.3 Å². The van der Waals surface area contributed by atoms with E-state index in [2.05, 4.69) is 5.32 Å². The van der Waals surface area contributed by atoms with Gasteiger partial charge in [-0.2, -0.15) is 0 Å². The van der Waals surface area contributed by atoms with Crippen LogP contribution in [0.2, 0.25) is 0 Å². The summed E-state index contributed by atoms with van der Waals surface area (Å²) in [6.07, 6.45) is 2.15. The molecule has 0 radical (unpaired) electrons. The van der Waals surface area contributed by atoms with E-state index in [0.29, 0.717) is 18.5 Å². The molecule has 2 amide bonds. The highest BCUT2D eigenvalue weighted by Gasteiger charge is 2.26. The van der Waals surface area contributed by atoms with Crippen LogP contribution in [0.3, 0.4) is 0 Å². The molecule has 1 heterocycles. The van der Waals surface area contributed by atoms with Crippen molar-refractivity contribution in [1.29, 1.82) is 0 Å². The van der Waals surface area contributed by atoms with Crippen LogP contribution in [0.15, 0.2) is 35.9 Å². The Morgan fingerprint density at radius 3 is 2.57 bits per heavy atom. The van der Waals surface area contributed by atoms with E-state index in [-0.39, 0.29) is 18.5 Å². The standard InChI is InChI=1S/C18H24N2O3/c1-13-8-5-6-10-15(13)19-16(21)14-9-7-11-20(12-14)17(22)23-18(2,3)4/h5-6,8-10H,7,11-12H2,1-4H3,(H,19,21). The van der Waals surface area contributed by atoms with E-state index in [1.54, 1.807) is 4.90 Å². The number of nitrogens with zero attached hydrogens (tertiary/aromatic N) is 1. The molecular formula is C18H24N2O3. The maximum atomic E-state index is 12.4. The normalized spacial score (nSPS) is 15.0. The zero-order chi connectivity index (χ0) is 17.0. The molecule has 23 heavy (non-hydrogen) atoms. The van der Waals surface area contributed by atoms with Gasteiger partial charge in [0.15, 0.2) is 0 Å². The Balaban J connectivity index is 2.01. The molecule has 124 valence electrons. The number of para-hydroxylation sites is 1. The van der Waals surface area contributed by atoms with Gasteiger partial charge in [-0.1, -0.05) is 24.3 Å². The Bertz CT molecular complexity index is 629. The molecule has 2 rings (SSSR count). The molecule has 1 aromatic rings.